The fraction of sp³-hybridized carbons (Fsp3) is 0.353. The lowest BCUT2D eigenvalue weighted by Gasteiger charge is -2.35. The molecule has 0 radical (unpaired) electrons. The van der Waals surface area contributed by atoms with Crippen LogP contribution in [0.2, 0.25) is 10.0 Å². The molecule has 0 saturated carbocycles. The summed E-state index contributed by atoms with van der Waals surface area (Å²) in [5.74, 6) is 2.29. The van der Waals surface area contributed by atoms with Gasteiger partial charge in [0.15, 0.2) is 0 Å². The highest BCUT2D eigenvalue weighted by atomic mass is 35.5. The van der Waals surface area contributed by atoms with E-state index in [-0.39, 0.29) is 5.91 Å². The largest absolute Gasteiger partial charge is 0.353 e. The summed E-state index contributed by atoms with van der Waals surface area (Å²) in [5.41, 5.74) is 0.767. The van der Waals surface area contributed by atoms with Gasteiger partial charge in [-0.15, -0.1) is 0 Å². The van der Waals surface area contributed by atoms with Gasteiger partial charge in [0.2, 0.25) is 5.91 Å². The number of aryl methyl sites for hydroxylation is 1. The molecule has 1 aliphatic heterocycles. The maximum atomic E-state index is 11.5. The molecule has 132 valence electrons. The number of aromatic nitrogens is 2. The minimum absolute atomic E-state index is 0.110. The lowest BCUT2D eigenvalue weighted by atomic mass is 10.3. The van der Waals surface area contributed by atoms with Gasteiger partial charge in [-0.25, -0.2) is 9.97 Å². The molecule has 1 amide bonds. The van der Waals surface area contributed by atoms with Crippen LogP contribution in [0.4, 0.5) is 17.3 Å². The Labute approximate surface area is 156 Å². The smallest absolute Gasteiger partial charge is 0.219 e. The molecule has 2 heterocycles. The van der Waals surface area contributed by atoms with E-state index < -0.39 is 0 Å². The summed E-state index contributed by atoms with van der Waals surface area (Å²) in [7, 11) is 0. The second-order valence-electron chi connectivity index (χ2n) is 5.93. The highest BCUT2D eigenvalue weighted by Crippen LogP contribution is 2.26. The zero-order valence-electron chi connectivity index (χ0n) is 14.1. The van der Waals surface area contributed by atoms with Gasteiger partial charge in [0, 0.05) is 54.9 Å². The van der Waals surface area contributed by atoms with Gasteiger partial charge in [-0.2, -0.15) is 0 Å². The maximum Gasteiger partial charge on any atom is 0.219 e. The first-order valence-electron chi connectivity index (χ1n) is 8.00. The zero-order chi connectivity index (χ0) is 18.0. The number of carbonyl (C=O) groups excluding carboxylic acids is 1. The van der Waals surface area contributed by atoms with Crippen LogP contribution < -0.4 is 10.2 Å². The summed E-state index contributed by atoms with van der Waals surface area (Å²) in [5, 5.41) is 4.34. The van der Waals surface area contributed by atoms with E-state index in [1.165, 1.54) is 0 Å². The number of anilines is 3. The first-order valence-corrected chi connectivity index (χ1v) is 8.75. The lowest BCUT2D eigenvalue weighted by molar-refractivity contribution is -0.129. The van der Waals surface area contributed by atoms with Crippen LogP contribution in [0.5, 0.6) is 0 Å². The van der Waals surface area contributed by atoms with E-state index in [9.17, 15) is 4.79 Å². The molecule has 0 unspecified atom stereocenters. The Morgan fingerprint density at radius 1 is 1.04 bits per heavy atom. The van der Waals surface area contributed by atoms with E-state index >= 15 is 0 Å². The van der Waals surface area contributed by atoms with E-state index in [1.807, 2.05) is 17.9 Å². The molecule has 6 nitrogen and oxygen atoms in total. The number of piperazine rings is 1. The molecule has 0 aliphatic carbocycles. The first kappa shape index (κ1) is 17.8. The number of carbonyl (C=O) groups is 1. The highest BCUT2D eigenvalue weighted by Gasteiger charge is 2.20. The number of benzene rings is 1. The second-order valence-corrected chi connectivity index (χ2v) is 6.81. The van der Waals surface area contributed by atoms with Crippen LogP contribution in [0.25, 0.3) is 0 Å². The number of hydrogen-bond acceptors (Lipinski definition) is 5. The third kappa shape index (κ3) is 4.52. The molecular weight excluding hydrogens is 361 g/mol. The number of rotatable bonds is 3. The Balaban J connectivity index is 1.78. The standard InChI is InChI=1S/C17H19Cl2N5O/c1-11-20-16(22-15-8-13(18)7-14(19)9-15)10-17(21-11)24-5-3-23(4-6-24)12(2)25/h7-10H,3-6H2,1-2H3,(H,20,21,22). The normalized spacial score (nSPS) is 14.6. The predicted molar refractivity (Wildman–Crippen MR) is 101 cm³/mol. The maximum absolute atomic E-state index is 11.5. The van der Waals surface area contributed by atoms with Crippen molar-refractivity contribution in [1.29, 1.82) is 0 Å². The molecule has 1 aromatic heterocycles. The third-order valence-electron chi connectivity index (χ3n) is 4.01. The molecule has 1 aliphatic rings. The highest BCUT2D eigenvalue weighted by molar-refractivity contribution is 6.35. The van der Waals surface area contributed by atoms with Gasteiger partial charge in [-0.05, 0) is 25.1 Å². The van der Waals surface area contributed by atoms with Crippen molar-refractivity contribution >= 4 is 46.4 Å². The van der Waals surface area contributed by atoms with Crippen LogP contribution >= 0.6 is 23.2 Å². The van der Waals surface area contributed by atoms with E-state index in [1.54, 1.807) is 25.1 Å². The Bertz CT molecular complexity index is 770. The summed E-state index contributed by atoms with van der Waals surface area (Å²) >= 11 is 12.1. The first-order chi connectivity index (χ1) is 11.9. The van der Waals surface area contributed by atoms with E-state index in [2.05, 4.69) is 20.2 Å². The molecule has 8 heteroatoms. The van der Waals surface area contributed by atoms with E-state index in [0.29, 0.717) is 34.8 Å². The molecule has 1 fully saturated rings. The summed E-state index contributed by atoms with van der Waals surface area (Å²) in [6.45, 7) is 6.35. The molecule has 1 N–H and O–H groups in total. The van der Waals surface area contributed by atoms with Crippen molar-refractivity contribution in [2.24, 2.45) is 0 Å². The predicted octanol–water partition coefficient (Wildman–Crippen LogP) is 3.50. The summed E-state index contributed by atoms with van der Waals surface area (Å²) in [6.07, 6.45) is 0. The molecular formula is C17H19Cl2N5O. The van der Waals surface area contributed by atoms with Crippen molar-refractivity contribution in [1.82, 2.24) is 14.9 Å². The minimum Gasteiger partial charge on any atom is -0.353 e. The van der Waals surface area contributed by atoms with Crippen LogP contribution in [0.1, 0.15) is 12.7 Å². The van der Waals surface area contributed by atoms with Crippen molar-refractivity contribution in [2.75, 3.05) is 36.4 Å². The summed E-state index contributed by atoms with van der Waals surface area (Å²) in [4.78, 5) is 24.4. The van der Waals surface area contributed by atoms with Gasteiger partial charge in [0.1, 0.15) is 17.5 Å². The van der Waals surface area contributed by atoms with Crippen molar-refractivity contribution in [3.63, 3.8) is 0 Å². The van der Waals surface area contributed by atoms with Gasteiger partial charge in [0.05, 0.1) is 0 Å². The van der Waals surface area contributed by atoms with Gasteiger partial charge < -0.3 is 15.1 Å². The molecule has 3 rings (SSSR count). The number of amides is 1. The monoisotopic (exact) mass is 379 g/mol. The summed E-state index contributed by atoms with van der Waals surface area (Å²) < 4.78 is 0. The average molecular weight is 380 g/mol. The molecule has 0 spiro atoms. The van der Waals surface area contributed by atoms with Crippen LogP contribution in [-0.4, -0.2) is 47.0 Å². The number of hydrogen-bond donors (Lipinski definition) is 1. The van der Waals surface area contributed by atoms with Crippen molar-refractivity contribution in [3.05, 3.63) is 40.1 Å². The number of halogens is 2. The van der Waals surface area contributed by atoms with Gasteiger partial charge in [-0.3, -0.25) is 4.79 Å². The number of nitrogens with one attached hydrogen (secondary N) is 1. The van der Waals surface area contributed by atoms with Gasteiger partial charge >= 0.3 is 0 Å². The number of nitrogens with zero attached hydrogens (tertiary/aromatic N) is 4. The van der Waals surface area contributed by atoms with Gasteiger partial charge in [-0.1, -0.05) is 23.2 Å². The summed E-state index contributed by atoms with van der Waals surface area (Å²) in [6, 6.07) is 7.15. The van der Waals surface area contributed by atoms with Crippen LogP contribution in [0.15, 0.2) is 24.3 Å². The minimum atomic E-state index is 0.110. The van der Waals surface area contributed by atoms with Crippen molar-refractivity contribution in [3.8, 4) is 0 Å². The third-order valence-corrected chi connectivity index (χ3v) is 4.44. The zero-order valence-corrected chi connectivity index (χ0v) is 15.6. The Kier molecular flexibility index (Phi) is 5.30. The Hall–Kier alpha value is -2.05. The lowest BCUT2D eigenvalue weighted by Crippen LogP contribution is -2.48. The van der Waals surface area contributed by atoms with Crippen LogP contribution in [-0.2, 0) is 4.79 Å². The fourth-order valence-electron chi connectivity index (χ4n) is 2.80. The fourth-order valence-corrected chi connectivity index (χ4v) is 3.33. The van der Waals surface area contributed by atoms with E-state index in [4.69, 9.17) is 23.2 Å². The Morgan fingerprint density at radius 2 is 1.68 bits per heavy atom. The quantitative estimate of drug-likeness (QED) is 0.883. The molecule has 2 aromatic rings. The molecule has 1 saturated heterocycles. The Morgan fingerprint density at radius 3 is 2.28 bits per heavy atom. The molecule has 0 bridgehead atoms. The average Bonchev–Trinajstić information content (AvgIpc) is 2.53. The van der Waals surface area contributed by atoms with E-state index in [0.717, 1.165) is 24.6 Å². The van der Waals surface area contributed by atoms with Crippen molar-refractivity contribution in [2.45, 2.75) is 13.8 Å². The molecule has 1 aromatic carbocycles. The molecule has 0 atom stereocenters. The topological polar surface area (TPSA) is 61.4 Å². The van der Waals surface area contributed by atoms with Crippen molar-refractivity contribution < 1.29 is 4.79 Å². The van der Waals surface area contributed by atoms with Crippen LogP contribution in [0.3, 0.4) is 0 Å². The second kappa shape index (κ2) is 7.45. The van der Waals surface area contributed by atoms with Crippen LogP contribution in [0, 0.1) is 6.92 Å². The molecule has 25 heavy (non-hydrogen) atoms. The van der Waals surface area contributed by atoms with Gasteiger partial charge in [0.25, 0.3) is 0 Å². The SMILES string of the molecule is CC(=O)N1CCN(c2cc(Nc3cc(Cl)cc(Cl)c3)nc(C)n2)CC1.